The number of carbonyl (C=O) groups excluding carboxylic acids is 1. The molecule has 0 bridgehead atoms. The summed E-state index contributed by atoms with van der Waals surface area (Å²) in [6.45, 7) is 3.52. The molecule has 0 saturated carbocycles. The Bertz CT molecular complexity index is 247. The van der Waals surface area contributed by atoms with Crippen LogP contribution >= 0.6 is 0 Å². The molecule has 1 amide bonds. The van der Waals surface area contributed by atoms with Crippen molar-refractivity contribution in [1.29, 1.82) is 0 Å². The molecule has 0 aromatic heterocycles. The molecule has 0 atom stereocenters. The van der Waals surface area contributed by atoms with Crippen LogP contribution in [-0.2, 0) is 4.79 Å². The number of halogens is 1. The first-order valence-electron chi connectivity index (χ1n) is 3.63. The van der Waals surface area contributed by atoms with E-state index in [0.29, 0.717) is 13.0 Å². The molecule has 12 heavy (non-hydrogen) atoms. The molecule has 1 aliphatic rings. The van der Waals surface area contributed by atoms with Crippen molar-refractivity contribution in [2.45, 2.75) is 6.42 Å². The van der Waals surface area contributed by atoms with E-state index in [-0.39, 0.29) is 12.3 Å². The molecule has 1 N–H and O–H groups in total. The minimum Gasteiger partial charge on any atom is -0.513 e. The highest BCUT2D eigenvalue weighted by Gasteiger charge is 2.18. The van der Waals surface area contributed by atoms with Crippen LogP contribution in [0.3, 0.4) is 0 Å². The Morgan fingerprint density at radius 1 is 1.75 bits per heavy atom. The van der Waals surface area contributed by atoms with Crippen molar-refractivity contribution in [2.75, 3.05) is 13.1 Å². The topological polar surface area (TPSA) is 40.5 Å². The Hall–Kier alpha value is -1.32. The Labute approximate surface area is 69.8 Å². The molecule has 1 heterocycles. The van der Waals surface area contributed by atoms with Gasteiger partial charge in [-0.15, -0.1) is 0 Å². The van der Waals surface area contributed by atoms with Crippen LogP contribution in [0.5, 0.6) is 0 Å². The van der Waals surface area contributed by atoms with Crippen molar-refractivity contribution >= 4 is 5.91 Å². The predicted molar refractivity (Wildman–Crippen MR) is 42.2 cm³/mol. The fraction of sp³-hybridized carbons (Fsp3) is 0.375. The third-order valence-electron chi connectivity index (χ3n) is 1.70. The van der Waals surface area contributed by atoms with Crippen molar-refractivity contribution in [1.82, 2.24) is 4.90 Å². The standard InChI is InChI=1S/C8H10FNO2/c1-6(9)8(12)10-4-2-7(11)3-5-10/h2,11H,1,3-5H2. The van der Waals surface area contributed by atoms with Crippen molar-refractivity contribution in [2.24, 2.45) is 0 Å². The van der Waals surface area contributed by atoms with E-state index in [1.165, 1.54) is 11.0 Å². The molecule has 0 spiro atoms. The first kappa shape index (κ1) is 8.77. The van der Waals surface area contributed by atoms with E-state index in [2.05, 4.69) is 6.58 Å². The van der Waals surface area contributed by atoms with Gasteiger partial charge in [0.1, 0.15) is 0 Å². The van der Waals surface area contributed by atoms with E-state index in [4.69, 9.17) is 5.11 Å². The van der Waals surface area contributed by atoms with Gasteiger partial charge in [0, 0.05) is 19.5 Å². The van der Waals surface area contributed by atoms with Crippen molar-refractivity contribution in [3.05, 3.63) is 24.2 Å². The van der Waals surface area contributed by atoms with E-state index >= 15 is 0 Å². The van der Waals surface area contributed by atoms with Crippen LogP contribution in [-0.4, -0.2) is 29.0 Å². The van der Waals surface area contributed by atoms with Crippen LogP contribution in [0.15, 0.2) is 24.2 Å². The third-order valence-corrected chi connectivity index (χ3v) is 1.70. The number of hydrogen-bond donors (Lipinski definition) is 1. The highest BCUT2D eigenvalue weighted by Crippen LogP contribution is 2.10. The zero-order valence-electron chi connectivity index (χ0n) is 6.59. The lowest BCUT2D eigenvalue weighted by Gasteiger charge is -2.23. The molecule has 66 valence electrons. The summed E-state index contributed by atoms with van der Waals surface area (Å²) in [6.07, 6.45) is 1.88. The number of hydrogen-bond acceptors (Lipinski definition) is 2. The fourth-order valence-corrected chi connectivity index (χ4v) is 1.01. The van der Waals surface area contributed by atoms with Gasteiger partial charge in [0.05, 0.1) is 5.76 Å². The molecule has 1 rings (SSSR count). The number of nitrogens with zero attached hydrogens (tertiary/aromatic N) is 1. The van der Waals surface area contributed by atoms with Gasteiger partial charge in [0.25, 0.3) is 5.91 Å². The Balaban J connectivity index is 2.57. The molecule has 0 saturated heterocycles. The lowest BCUT2D eigenvalue weighted by Crippen LogP contribution is -2.34. The molecular weight excluding hydrogens is 161 g/mol. The van der Waals surface area contributed by atoms with Crippen molar-refractivity contribution < 1.29 is 14.3 Å². The van der Waals surface area contributed by atoms with Crippen LogP contribution in [0.1, 0.15) is 6.42 Å². The van der Waals surface area contributed by atoms with Gasteiger partial charge >= 0.3 is 0 Å². The minimum atomic E-state index is -0.954. The lowest BCUT2D eigenvalue weighted by atomic mass is 10.2. The van der Waals surface area contributed by atoms with Gasteiger partial charge in [-0.1, -0.05) is 6.58 Å². The number of rotatable bonds is 1. The normalized spacial score (nSPS) is 17.1. The molecule has 4 heteroatoms. The highest BCUT2D eigenvalue weighted by atomic mass is 19.1. The van der Waals surface area contributed by atoms with Gasteiger partial charge < -0.3 is 10.0 Å². The SMILES string of the molecule is C=C(F)C(=O)N1CC=C(O)CC1. The third kappa shape index (κ3) is 1.84. The molecule has 0 unspecified atom stereocenters. The van der Waals surface area contributed by atoms with E-state index in [9.17, 15) is 9.18 Å². The van der Waals surface area contributed by atoms with Crippen LogP contribution in [0.25, 0.3) is 0 Å². The summed E-state index contributed by atoms with van der Waals surface area (Å²) in [5.74, 6) is -1.40. The summed E-state index contributed by atoms with van der Waals surface area (Å²) in [7, 11) is 0. The Kier molecular flexibility index (Phi) is 2.47. The molecule has 0 aliphatic carbocycles. The van der Waals surface area contributed by atoms with Crippen LogP contribution < -0.4 is 0 Å². The minimum absolute atomic E-state index is 0.253. The second-order valence-electron chi connectivity index (χ2n) is 2.60. The zero-order chi connectivity index (χ0) is 9.14. The first-order valence-corrected chi connectivity index (χ1v) is 3.63. The van der Waals surface area contributed by atoms with Gasteiger partial charge in [-0.05, 0) is 6.08 Å². The second kappa shape index (κ2) is 3.38. The van der Waals surface area contributed by atoms with Crippen LogP contribution in [0.4, 0.5) is 4.39 Å². The average Bonchev–Trinajstić information content (AvgIpc) is 2.04. The van der Waals surface area contributed by atoms with Gasteiger partial charge in [-0.2, -0.15) is 0 Å². The smallest absolute Gasteiger partial charge is 0.282 e. The van der Waals surface area contributed by atoms with Gasteiger partial charge in [-0.3, -0.25) is 4.79 Å². The molecule has 0 fully saturated rings. The number of carbonyl (C=O) groups is 1. The number of amides is 1. The van der Waals surface area contributed by atoms with E-state index in [0.717, 1.165) is 0 Å². The van der Waals surface area contributed by atoms with Gasteiger partial charge in [0.2, 0.25) is 0 Å². The zero-order valence-corrected chi connectivity index (χ0v) is 6.59. The van der Waals surface area contributed by atoms with Crippen molar-refractivity contribution in [3.8, 4) is 0 Å². The van der Waals surface area contributed by atoms with E-state index in [1.807, 2.05) is 0 Å². The molecule has 0 aromatic rings. The summed E-state index contributed by atoms with van der Waals surface area (Å²) >= 11 is 0. The largest absolute Gasteiger partial charge is 0.513 e. The molecular formula is C8H10FNO2. The Morgan fingerprint density at radius 3 is 2.83 bits per heavy atom. The summed E-state index contributed by atoms with van der Waals surface area (Å²) in [4.78, 5) is 12.2. The molecule has 0 radical (unpaired) electrons. The first-order chi connectivity index (χ1) is 5.61. The summed E-state index contributed by atoms with van der Waals surface area (Å²) in [5, 5.41) is 8.95. The van der Waals surface area contributed by atoms with Crippen molar-refractivity contribution in [3.63, 3.8) is 0 Å². The Morgan fingerprint density at radius 2 is 2.42 bits per heavy atom. The lowest BCUT2D eigenvalue weighted by molar-refractivity contribution is -0.128. The monoisotopic (exact) mass is 171 g/mol. The number of aliphatic hydroxyl groups excluding tert-OH is 1. The maximum Gasteiger partial charge on any atom is 0.282 e. The molecule has 1 aliphatic heterocycles. The average molecular weight is 171 g/mol. The van der Waals surface area contributed by atoms with Crippen LogP contribution in [0.2, 0.25) is 0 Å². The maximum absolute atomic E-state index is 12.3. The van der Waals surface area contributed by atoms with E-state index in [1.54, 1.807) is 0 Å². The second-order valence-corrected chi connectivity index (χ2v) is 2.60. The quantitative estimate of drug-likeness (QED) is 0.601. The predicted octanol–water partition coefficient (Wildman–Crippen LogP) is 1.14. The summed E-state index contributed by atoms with van der Waals surface area (Å²) in [5.41, 5.74) is 0. The van der Waals surface area contributed by atoms with Gasteiger partial charge in [-0.25, -0.2) is 4.39 Å². The van der Waals surface area contributed by atoms with E-state index < -0.39 is 11.7 Å². The highest BCUT2D eigenvalue weighted by molar-refractivity contribution is 5.90. The molecule has 3 nitrogen and oxygen atoms in total. The maximum atomic E-state index is 12.3. The van der Waals surface area contributed by atoms with Gasteiger partial charge in [0.15, 0.2) is 5.83 Å². The molecule has 0 aromatic carbocycles. The summed E-state index contributed by atoms with van der Waals surface area (Å²) in [6, 6.07) is 0. The number of aliphatic hydroxyl groups is 1. The summed E-state index contributed by atoms with van der Waals surface area (Å²) < 4.78 is 12.3. The fourth-order valence-electron chi connectivity index (χ4n) is 1.01. The van der Waals surface area contributed by atoms with Crippen LogP contribution in [0, 0.1) is 0 Å².